The first-order valence-corrected chi connectivity index (χ1v) is 7.61. The van der Waals surface area contributed by atoms with Crippen molar-refractivity contribution >= 4 is 5.91 Å². The molecule has 0 aliphatic carbocycles. The lowest BCUT2D eigenvalue weighted by Crippen LogP contribution is -2.62. The Hall–Kier alpha value is -1.39. The van der Waals surface area contributed by atoms with Crippen LogP contribution in [0.15, 0.2) is 24.3 Å². The van der Waals surface area contributed by atoms with Gasteiger partial charge in [0.1, 0.15) is 0 Å². The molecule has 4 nitrogen and oxygen atoms in total. The molecule has 0 bridgehead atoms. The molecule has 0 radical (unpaired) electrons. The molecule has 0 unspecified atom stereocenters. The van der Waals surface area contributed by atoms with E-state index < -0.39 is 0 Å². The van der Waals surface area contributed by atoms with E-state index in [4.69, 9.17) is 0 Å². The van der Waals surface area contributed by atoms with Crippen LogP contribution in [-0.4, -0.2) is 61.0 Å². The van der Waals surface area contributed by atoms with Crippen LogP contribution in [0.1, 0.15) is 22.8 Å². The molecule has 20 heavy (non-hydrogen) atoms. The van der Waals surface area contributed by atoms with Crippen molar-refractivity contribution in [2.75, 3.05) is 39.3 Å². The molecule has 1 aromatic rings. The van der Waals surface area contributed by atoms with Gasteiger partial charge in [-0.2, -0.15) is 0 Å². The van der Waals surface area contributed by atoms with Crippen LogP contribution in [0.5, 0.6) is 0 Å². The van der Waals surface area contributed by atoms with E-state index >= 15 is 0 Å². The lowest BCUT2D eigenvalue weighted by atomic mass is 10.0. The molecule has 2 fully saturated rings. The Morgan fingerprint density at radius 3 is 2.50 bits per heavy atom. The van der Waals surface area contributed by atoms with Crippen molar-refractivity contribution in [1.82, 2.24) is 15.1 Å². The van der Waals surface area contributed by atoms with Gasteiger partial charge in [-0.25, -0.2) is 0 Å². The van der Waals surface area contributed by atoms with Crippen molar-refractivity contribution in [3.63, 3.8) is 0 Å². The third-order valence-corrected chi connectivity index (χ3v) is 4.51. The van der Waals surface area contributed by atoms with E-state index in [1.165, 1.54) is 0 Å². The van der Waals surface area contributed by atoms with Gasteiger partial charge >= 0.3 is 0 Å². The number of carbonyl (C=O) groups excluding carboxylic acids is 1. The highest BCUT2D eigenvalue weighted by Crippen LogP contribution is 2.15. The first-order chi connectivity index (χ1) is 9.79. The van der Waals surface area contributed by atoms with Crippen LogP contribution in [0.3, 0.4) is 0 Å². The third-order valence-electron chi connectivity index (χ3n) is 4.51. The fourth-order valence-corrected chi connectivity index (χ4v) is 3.03. The average Bonchev–Trinajstić information content (AvgIpc) is 2.45. The van der Waals surface area contributed by atoms with Crippen molar-refractivity contribution in [2.45, 2.75) is 19.4 Å². The van der Waals surface area contributed by atoms with E-state index in [1.54, 1.807) is 0 Å². The Balaban J connectivity index is 1.63. The predicted molar refractivity (Wildman–Crippen MR) is 80.0 cm³/mol. The summed E-state index contributed by atoms with van der Waals surface area (Å²) in [6.45, 7) is 8.03. The molecule has 0 atom stereocenters. The second-order valence-electron chi connectivity index (χ2n) is 5.65. The van der Waals surface area contributed by atoms with Crippen LogP contribution in [0.25, 0.3) is 0 Å². The minimum Gasteiger partial charge on any atom is -0.336 e. The van der Waals surface area contributed by atoms with Crippen molar-refractivity contribution in [2.24, 2.45) is 0 Å². The molecule has 108 valence electrons. The maximum Gasteiger partial charge on any atom is 0.254 e. The zero-order valence-electron chi connectivity index (χ0n) is 12.1. The van der Waals surface area contributed by atoms with Crippen LogP contribution >= 0.6 is 0 Å². The first kappa shape index (κ1) is 13.6. The van der Waals surface area contributed by atoms with Crippen molar-refractivity contribution in [1.29, 1.82) is 0 Å². The summed E-state index contributed by atoms with van der Waals surface area (Å²) >= 11 is 0. The van der Waals surface area contributed by atoms with Crippen LogP contribution in [0.4, 0.5) is 0 Å². The van der Waals surface area contributed by atoms with Gasteiger partial charge in [0.15, 0.2) is 0 Å². The monoisotopic (exact) mass is 273 g/mol. The largest absolute Gasteiger partial charge is 0.336 e. The molecular formula is C16H23N3O. The quantitative estimate of drug-likeness (QED) is 0.892. The Morgan fingerprint density at radius 1 is 1.20 bits per heavy atom. The number of nitrogens with zero attached hydrogens (tertiary/aromatic N) is 2. The van der Waals surface area contributed by atoms with Crippen LogP contribution in [0, 0.1) is 0 Å². The number of rotatable bonds is 3. The van der Waals surface area contributed by atoms with Gasteiger partial charge in [0.25, 0.3) is 5.91 Å². The molecule has 1 aromatic carbocycles. The lowest BCUT2D eigenvalue weighted by molar-refractivity contribution is 0.0501. The number of piperazine rings is 1. The molecule has 1 N–H and O–H groups in total. The van der Waals surface area contributed by atoms with Gasteiger partial charge in [0.2, 0.25) is 0 Å². The smallest absolute Gasteiger partial charge is 0.254 e. The minimum atomic E-state index is 0.203. The van der Waals surface area contributed by atoms with Gasteiger partial charge < -0.3 is 10.2 Å². The average molecular weight is 273 g/mol. The summed E-state index contributed by atoms with van der Waals surface area (Å²) in [5.41, 5.74) is 2.04. The molecule has 2 saturated heterocycles. The number of amides is 1. The molecular weight excluding hydrogens is 250 g/mol. The van der Waals surface area contributed by atoms with Crippen molar-refractivity contribution in [3.05, 3.63) is 35.4 Å². The standard InChI is InChI=1S/C16H23N3O/c1-2-13-5-3-4-6-15(13)16(20)19-9-7-18(8-10-19)14-11-17-12-14/h3-6,14,17H,2,7-12H2,1H3. The molecule has 0 spiro atoms. The van der Waals surface area contributed by atoms with Crippen molar-refractivity contribution < 1.29 is 4.79 Å². The number of carbonyl (C=O) groups is 1. The molecule has 3 rings (SSSR count). The van der Waals surface area contributed by atoms with Gasteiger partial charge in [-0.15, -0.1) is 0 Å². The van der Waals surface area contributed by atoms with E-state index in [0.29, 0.717) is 6.04 Å². The SMILES string of the molecule is CCc1ccccc1C(=O)N1CCN(C2CNC2)CC1. The Labute approximate surface area is 120 Å². The summed E-state index contributed by atoms with van der Waals surface area (Å²) < 4.78 is 0. The summed E-state index contributed by atoms with van der Waals surface area (Å²) in [4.78, 5) is 17.2. The number of hydrogen-bond acceptors (Lipinski definition) is 3. The minimum absolute atomic E-state index is 0.203. The number of aryl methyl sites for hydroxylation is 1. The third kappa shape index (κ3) is 2.58. The summed E-state index contributed by atoms with van der Waals surface area (Å²) in [5.74, 6) is 0.203. The predicted octanol–water partition coefficient (Wildman–Crippen LogP) is 0.979. The van der Waals surface area contributed by atoms with E-state index in [9.17, 15) is 4.79 Å². The number of benzene rings is 1. The molecule has 2 heterocycles. The highest BCUT2D eigenvalue weighted by Gasteiger charge is 2.29. The maximum atomic E-state index is 12.6. The van der Waals surface area contributed by atoms with E-state index in [0.717, 1.165) is 56.8 Å². The van der Waals surface area contributed by atoms with Crippen LogP contribution < -0.4 is 5.32 Å². The van der Waals surface area contributed by atoms with E-state index in [2.05, 4.69) is 23.2 Å². The zero-order chi connectivity index (χ0) is 13.9. The van der Waals surface area contributed by atoms with Gasteiger partial charge in [-0.05, 0) is 18.1 Å². The second kappa shape index (κ2) is 5.94. The summed E-state index contributed by atoms with van der Waals surface area (Å²) in [6.07, 6.45) is 0.912. The Bertz CT molecular complexity index is 476. The first-order valence-electron chi connectivity index (χ1n) is 7.61. The fraction of sp³-hybridized carbons (Fsp3) is 0.562. The topological polar surface area (TPSA) is 35.6 Å². The van der Waals surface area contributed by atoms with Gasteiger partial charge in [-0.1, -0.05) is 25.1 Å². The molecule has 2 aliphatic heterocycles. The maximum absolute atomic E-state index is 12.6. The molecule has 4 heteroatoms. The zero-order valence-corrected chi connectivity index (χ0v) is 12.1. The lowest BCUT2D eigenvalue weighted by Gasteiger charge is -2.43. The van der Waals surface area contributed by atoms with Crippen molar-refractivity contribution in [3.8, 4) is 0 Å². The summed E-state index contributed by atoms with van der Waals surface area (Å²) in [5, 5.41) is 3.31. The number of nitrogens with one attached hydrogen (secondary N) is 1. The van der Waals surface area contributed by atoms with Crippen LogP contribution in [-0.2, 0) is 6.42 Å². The van der Waals surface area contributed by atoms with Gasteiger partial charge in [-0.3, -0.25) is 9.69 Å². The molecule has 1 amide bonds. The van der Waals surface area contributed by atoms with E-state index in [-0.39, 0.29) is 5.91 Å². The van der Waals surface area contributed by atoms with E-state index in [1.807, 2.05) is 23.1 Å². The molecule has 2 aliphatic rings. The number of hydrogen-bond donors (Lipinski definition) is 1. The second-order valence-corrected chi connectivity index (χ2v) is 5.65. The van der Waals surface area contributed by atoms with Crippen LogP contribution in [0.2, 0.25) is 0 Å². The van der Waals surface area contributed by atoms with Gasteiger partial charge in [0, 0.05) is 50.9 Å². The Morgan fingerprint density at radius 2 is 1.90 bits per heavy atom. The normalized spacial score (nSPS) is 20.8. The highest BCUT2D eigenvalue weighted by atomic mass is 16.2. The van der Waals surface area contributed by atoms with Gasteiger partial charge in [0.05, 0.1) is 0 Å². The molecule has 0 aromatic heterocycles. The molecule has 0 saturated carbocycles. The fourth-order valence-electron chi connectivity index (χ4n) is 3.03. The summed E-state index contributed by atoms with van der Waals surface area (Å²) in [7, 11) is 0. The Kier molecular flexibility index (Phi) is 4.03. The summed E-state index contributed by atoms with van der Waals surface area (Å²) in [6, 6.07) is 8.68. The highest BCUT2D eigenvalue weighted by molar-refractivity contribution is 5.95.